The predicted octanol–water partition coefficient (Wildman–Crippen LogP) is 4.20. The van der Waals surface area contributed by atoms with Crippen LogP contribution in [0, 0.1) is 12.7 Å². The molecule has 0 heterocycles. The number of halogens is 4. The van der Waals surface area contributed by atoms with Gasteiger partial charge in [0.25, 0.3) is 0 Å². The summed E-state index contributed by atoms with van der Waals surface area (Å²) in [4.78, 5) is 0. The molecule has 106 valence electrons. The van der Waals surface area contributed by atoms with Crippen molar-refractivity contribution in [3.63, 3.8) is 0 Å². The van der Waals surface area contributed by atoms with E-state index < -0.39 is 23.6 Å². The molecule has 5 heteroatoms. The molecule has 0 fully saturated rings. The molecule has 0 aromatic heterocycles. The Labute approximate surface area is 114 Å². The first kappa shape index (κ1) is 14.5. The molecule has 0 aliphatic carbocycles. The van der Waals surface area contributed by atoms with Crippen molar-refractivity contribution in [2.45, 2.75) is 19.1 Å². The van der Waals surface area contributed by atoms with Crippen LogP contribution in [0.25, 0.3) is 0 Å². The average molecular weight is 283 g/mol. The van der Waals surface area contributed by atoms with Crippen molar-refractivity contribution in [3.05, 3.63) is 70.5 Å². The highest BCUT2D eigenvalue weighted by molar-refractivity contribution is 5.39. The number of nitrogens with two attached hydrogens (primary N) is 1. The van der Waals surface area contributed by atoms with E-state index in [1.807, 2.05) is 0 Å². The lowest BCUT2D eigenvalue weighted by Crippen LogP contribution is -2.16. The second-order valence-corrected chi connectivity index (χ2v) is 4.57. The van der Waals surface area contributed by atoms with E-state index in [1.54, 1.807) is 6.07 Å². The summed E-state index contributed by atoms with van der Waals surface area (Å²) in [5, 5.41) is 0. The third-order valence-electron chi connectivity index (χ3n) is 3.17. The highest BCUT2D eigenvalue weighted by atomic mass is 19.4. The van der Waals surface area contributed by atoms with Crippen LogP contribution in [0.3, 0.4) is 0 Å². The first-order chi connectivity index (χ1) is 9.30. The summed E-state index contributed by atoms with van der Waals surface area (Å²) in [6, 6.07) is 8.46. The van der Waals surface area contributed by atoms with Crippen LogP contribution in [-0.4, -0.2) is 0 Å². The number of aryl methyl sites for hydroxylation is 1. The third-order valence-corrected chi connectivity index (χ3v) is 3.17. The molecule has 0 aliphatic heterocycles. The molecule has 0 amide bonds. The Hall–Kier alpha value is -1.88. The fraction of sp³-hybridized carbons (Fsp3) is 0.200. The largest absolute Gasteiger partial charge is 0.416 e. The van der Waals surface area contributed by atoms with Gasteiger partial charge in [-0.25, -0.2) is 4.39 Å². The van der Waals surface area contributed by atoms with Crippen LogP contribution in [0.1, 0.15) is 28.3 Å². The summed E-state index contributed by atoms with van der Waals surface area (Å²) in [5.41, 5.74) is 6.34. The van der Waals surface area contributed by atoms with E-state index in [9.17, 15) is 17.6 Å². The Morgan fingerprint density at radius 2 is 1.65 bits per heavy atom. The monoisotopic (exact) mass is 283 g/mol. The normalized spacial score (nSPS) is 13.3. The summed E-state index contributed by atoms with van der Waals surface area (Å²) in [6.45, 7) is 1.53. The zero-order valence-electron chi connectivity index (χ0n) is 10.7. The highest BCUT2D eigenvalue weighted by Gasteiger charge is 2.31. The fourth-order valence-corrected chi connectivity index (χ4v) is 2.10. The molecule has 20 heavy (non-hydrogen) atoms. The molecule has 2 N–H and O–H groups in total. The minimum absolute atomic E-state index is 0.260. The quantitative estimate of drug-likeness (QED) is 0.821. The summed E-state index contributed by atoms with van der Waals surface area (Å²) < 4.78 is 51.5. The van der Waals surface area contributed by atoms with Crippen LogP contribution in [0.4, 0.5) is 17.6 Å². The minimum Gasteiger partial charge on any atom is -0.320 e. The SMILES string of the molecule is Cc1cc(C(F)(F)F)ccc1C(N)c1ccccc1F. The van der Waals surface area contributed by atoms with Gasteiger partial charge in [0.05, 0.1) is 11.6 Å². The molecule has 0 bridgehead atoms. The van der Waals surface area contributed by atoms with Gasteiger partial charge in [0.15, 0.2) is 0 Å². The maximum atomic E-state index is 13.7. The Kier molecular flexibility index (Phi) is 3.81. The van der Waals surface area contributed by atoms with Crippen molar-refractivity contribution in [2.75, 3.05) is 0 Å². The van der Waals surface area contributed by atoms with Crippen molar-refractivity contribution in [3.8, 4) is 0 Å². The van der Waals surface area contributed by atoms with E-state index in [1.165, 1.54) is 31.2 Å². The number of alkyl halides is 3. The molecule has 2 aromatic rings. The smallest absolute Gasteiger partial charge is 0.320 e. The summed E-state index contributed by atoms with van der Waals surface area (Å²) in [6.07, 6.45) is -4.40. The maximum absolute atomic E-state index is 13.7. The Morgan fingerprint density at radius 1 is 1.00 bits per heavy atom. The molecule has 0 aliphatic rings. The molecule has 1 unspecified atom stereocenters. The van der Waals surface area contributed by atoms with Gasteiger partial charge in [-0.2, -0.15) is 13.2 Å². The van der Waals surface area contributed by atoms with Gasteiger partial charge in [-0.1, -0.05) is 24.3 Å². The summed E-state index contributed by atoms with van der Waals surface area (Å²) in [5.74, 6) is -0.473. The zero-order chi connectivity index (χ0) is 14.9. The van der Waals surface area contributed by atoms with Crippen LogP contribution in [0.15, 0.2) is 42.5 Å². The number of rotatable bonds is 2. The zero-order valence-corrected chi connectivity index (χ0v) is 10.7. The maximum Gasteiger partial charge on any atom is 0.416 e. The average Bonchev–Trinajstić information content (AvgIpc) is 2.37. The van der Waals surface area contributed by atoms with Crippen LogP contribution in [0.5, 0.6) is 0 Å². The molecular weight excluding hydrogens is 270 g/mol. The molecule has 1 nitrogen and oxygen atoms in total. The molecule has 0 radical (unpaired) electrons. The van der Waals surface area contributed by atoms with Crippen molar-refractivity contribution >= 4 is 0 Å². The fourth-order valence-electron chi connectivity index (χ4n) is 2.10. The van der Waals surface area contributed by atoms with Crippen LogP contribution >= 0.6 is 0 Å². The summed E-state index contributed by atoms with van der Waals surface area (Å²) in [7, 11) is 0. The molecule has 0 spiro atoms. The molecule has 1 atom stereocenters. The van der Waals surface area contributed by atoms with Crippen molar-refractivity contribution < 1.29 is 17.6 Å². The summed E-state index contributed by atoms with van der Waals surface area (Å²) >= 11 is 0. The van der Waals surface area contributed by atoms with E-state index in [0.717, 1.165) is 12.1 Å². The van der Waals surface area contributed by atoms with Gasteiger partial charge in [-0.3, -0.25) is 0 Å². The van der Waals surface area contributed by atoms with E-state index in [-0.39, 0.29) is 5.56 Å². The minimum atomic E-state index is -4.40. The topological polar surface area (TPSA) is 26.0 Å². The van der Waals surface area contributed by atoms with E-state index in [2.05, 4.69) is 0 Å². The van der Waals surface area contributed by atoms with E-state index in [0.29, 0.717) is 11.1 Å². The molecule has 0 saturated carbocycles. The Bertz CT molecular complexity index is 620. The van der Waals surface area contributed by atoms with Gasteiger partial charge in [0.1, 0.15) is 5.82 Å². The standard InChI is InChI=1S/C15H13F4N/c1-9-8-10(15(17,18)19)6-7-11(9)14(20)12-4-2-3-5-13(12)16/h2-8,14H,20H2,1H3. The van der Waals surface area contributed by atoms with Crippen LogP contribution in [-0.2, 0) is 6.18 Å². The van der Waals surface area contributed by atoms with Crippen molar-refractivity contribution in [2.24, 2.45) is 5.73 Å². The number of hydrogen-bond donors (Lipinski definition) is 1. The predicted molar refractivity (Wildman–Crippen MR) is 68.6 cm³/mol. The second kappa shape index (κ2) is 5.25. The number of hydrogen-bond acceptors (Lipinski definition) is 1. The van der Waals surface area contributed by atoms with Crippen molar-refractivity contribution in [1.82, 2.24) is 0 Å². The lowest BCUT2D eigenvalue weighted by molar-refractivity contribution is -0.137. The van der Waals surface area contributed by atoms with Gasteiger partial charge in [0, 0.05) is 5.56 Å². The van der Waals surface area contributed by atoms with Gasteiger partial charge in [-0.15, -0.1) is 0 Å². The lowest BCUT2D eigenvalue weighted by atomic mass is 9.94. The number of benzene rings is 2. The van der Waals surface area contributed by atoms with Gasteiger partial charge in [0.2, 0.25) is 0 Å². The molecule has 2 rings (SSSR count). The highest BCUT2D eigenvalue weighted by Crippen LogP contribution is 2.32. The third kappa shape index (κ3) is 2.82. The van der Waals surface area contributed by atoms with Gasteiger partial charge in [-0.05, 0) is 36.2 Å². The van der Waals surface area contributed by atoms with Crippen LogP contribution in [0.2, 0.25) is 0 Å². The first-order valence-corrected chi connectivity index (χ1v) is 5.98. The van der Waals surface area contributed by atoms with E-state index in [4.69, 9.17) is 5.73 Å². The van der Waals surface area contributed by atoms with Gasteiger partial charge < -0.3 is 5.73 Å². The molecule has 2 aromatic carbocycles. The lowest BCUT2D eigenvalue weighted by Gasteiger charge is -2.17. The Morgan fingerprint density at radius 3 is 2.20 bits per heavy atom. The van der Waals surface area contributed by atoms with Gasteiger partial charge >= 0.3 is 6.18 Å². The second-order valence-electron chi connectivity index (χ2n) is 4.57. The molecule has 0 saturated heterocycles. The molecular formula is C15H13F4N. The van der Waals surface area contributed by atoms with E-state index >= 15 is 0 Å². The van der Waals surface area contributed by atoms with Crippen LogP contribution < -0.4 is 5.73 Å². The first-order valence-electron chi connectivity index (χ1n) is 5.98. The Balaban J connectivity index is 2.42. The van der Waals surface area contributed by atoms with Crippen molar-refractivity contribution in [1.29, 1.82) is 0 Å².